The normalized spacial score (nSPS) is 14.4. The lowest BCUT2D eigenvalue weighted by molar-refractivity contribution is 0.0972. The molecule has 0 saturated carbocycles. The van der Waals surface area contributed by atoms with Crippen molar-refractivity contribution in [3.8, 4) is 11.5 Å². The number of fused-ring (bicyclic) bond motifs is 2. The van der Waals surface area contributed by atoms with E-state index in [2.05, 4.69) is 9.97 Å². The first-order valence-electron chi connectivity index (χ1n) is 6.91. The lowest BCUT2D eigenvalue weighted by atomic mass is 9.93. The third-order valence-corrected chi connectivity index (χ3v) is 3.78. The highest BCUT2D eigenvalue weighted by molar-refractivity contribution is 6.07. The molecule has 2 aromatic heterocycles. The van der Waals surface area contributed by atoms with Crippen molar-refractivity contribution in [2.45, 2.75) is 19.3 Å². The van der Waals surface area contributed by atoms with Crippen molar-refractivity contribution in [1.29, 1.82) is 0 Å². The summed E-state index contributed by atoms with van der Waals surface area (Å²) in [6.07, 6.45) is 2.08. The molecule has 4 rings (SSSR count). The zero-order chi connectivity index (χ0) is 14.4. The minimum atomic E-state index is 0.0485. The monoisotopic (exact) mass is 279 g/mol. The van der Waals surface area contributed by atoms with Gasteiger partial charge in [0.15, 0.2) is 11.3 Å². The van der Waals surface area contributed by atoms with Gasteiger partial charge in [-0.1, -0.05) is 18.2 Å². The fourth-order valence-electron chi connectivity index (χ4n) is 2.75. The molecule has 0 atom stereocenters. The van der Waals surface area contributed by atoms with Crippen LogP contribution in [-0.2, 0) is 6.42 Å². The zero-order valence-corrected chi connectivity index (χ0v) is 11.3. The number of hydrogen-bond donors (Lipinski definition) is 1. The number of pyridine rings is 1. The fraction of sp³-hybridized carbons (Fsp3) is 0.188. The average molecular weight is 279 g/mol. The molecular weight excluding hydrogens is 266 g/mol. The van der Waals surface area contributed by atoms with Gasteiger partial charge in [-0.15, -0.1) is 0 Å². The number of oxazole rings is 1. The molecule has 1 aliphatic carbocycles. The number of Topliss-reactive ketones (excluding diaryl/α,β-unsaturated/α-hetero) is 1. The second kappa shape index (κ2) is 4.41. The van der Waals surface area contributed by atoms with E-state index in [1.807, 2.05) is 30.3 Å². The second-order valence-corrected chi connectivity index (χ2v) is 5.16. The largest absolute Gasteiger partial charge is 0.418 e. The van der Waals surface area contributed by atoms with Crippen LogP contribution >= 0.6 is 0 Å². The van der Waals surface area contributed by atoms with Gasteiger partial charge in [-0.25, -0.2) is 9.97 Å². The van der Waals surface area contributed by atoms with Gasteiger partial charge in [0.2, 0.25) is 11.6 Å². The zero-order valence-electron chi connectivity index (χ0n) is 11.3. The molecule has 21 heavy (non-hydrogen) atoms. The van der Waals surface area contributed by atoms with Crippen LogP contribution in [-0.4, -0.2) is 15.8 Å². The number of ketones is 1. The maximum absolute atomic E-state index is 12.0. The Morgan fingerprint density at radius 3 is 2.71 bits per heavy atom. The molecule has 2 N–H and O–H groups in total. The molecule has 0 unspecified atom stereocenters. The Labute approximate surface area is 120 Å². The smallest absolute Gasteiger partial charge is 0.249 e. The molecule has 0 bridgehead atoms. The van der Waals surface area contributed by atoms with E-state index in [0.29, 0.717) is 34.8 Å². The van der Waals surface area contributed by atoms with Crippen LogP contribution in [0.25, 0.3) is 22.7 Å². The molecule has 0 spiro atoms. The predicted molar refractivity (Wildman–Crippen MR) is 78.9 cm³/mol. The molecular formula is C16H13N3O2. The van der Waals surface area contributed by atoms with Crippen LogP contribution in [0.4, 0.5) is 5.69 Å². The van der Waals surface area contributed by atoms with Crippen LogP contribution in [0.15, 0.2) is 34.7 Å². The third-order valence-electron chi connectivity index (χ3n) is 3.78. The van der Waals surface area contributed by atoms with E-state index in [0.717, 1.165) is 24.1 Å². The van der Waals surface area contributed by atoms with E-state index >= 15 is 0 Å². The molecule has 0 saturated heterocycles. The Bertz CT molecular complexity index is 853. The highest BCUT2D eigenvalue weighted by Gasteiger charge is 2.25. The van der Waals surface area contributed by atoms with Gasteiger partial charge in [0.1, 0.15) is 0 Å². The van der Waals surface area contributed by atoms with E-state index in [1.54, 1.807) is 0 Å². The quantitative estimate of drug-likeness (QED) is 0.740. The highest BCUT2D eigenvalue weighted by Crippen LogP contribution is 2.33. The number of hydrogen-bond acceptors (Lipinski definition) is 5. The van der Waals surface area contributed by atoms with Gasteiger partial charge >= 0.3 is 0 Å². The molecule has 1 aromatic carbocycles. The number of carbonyl (C=O) groups is 1. The standard InChI is InChI=1S/C16H13N3O2/c17-13-12-10(7-4-8-11(12)20)18-16-14(13)19-15(21-16)9-5-2-1-3-6-9/h1-3,5-6H,4,7-8H2,(H2,17,18). The van der Waals surface area contributed by atoms with Crippen LogP contribution < -0.4 is 5.73 Å². The number of aromatic nitrogens is 2. The molecule has 2 heterocycles. The van der Waals surface area contributed by atoms with Crippen molar-refractivity contribution in [2.24, 2.45) is 0 Å². The Morgan fingerprint density at radius 1 is 1.10 bits per heavy atom. The molecule has 0 aliphatic heterocycles. The van der Waals surface area contributed by atoms with Crippen molar-refractivity contribution < 1.29 is 9.21 Å². The second-order valence-electron chi connectivity index (χ2n) is 5.16. The summed E-state index contributed by atoms with van der Waals surface area (Å²) >= 11 is 0. The number of carbonyl (C=O) groups excluding carboxylic acids is 1. The van der Waals surface area contributed by atoms with Crippen LogP contribution in [0.5, 0.6) is 0 Å². The maximum Gasteiger partial charge on any atom is 0.249 e. The highest BCUT2D eigenvalue weighted by atomic mass is 16.4. The van der Waals surface area contributed by atoms with E-state index < -0.39 is 0 Å². The summed E-state index contributed by atoms with van der Waals surface area (Å²) in [6, 6.07) is 9.57. The summed E-state index contributed by atoms with van der Waals surface area (Å²) in [5, 5.41) is 0. The molecule has 3 aromatic rings. The number of nitrogens with two attached hydrogens (primary N) is 1. The van der Waals surface area contributed by atoms with Crippen molar-refractivity contribution in [3.63, 3.8) is 0 Å². The van der Waals surface area contributed by atoms with E-state index in [1.165, 1.54) is 0 Å². The number of benzene rings is 1. The summed E-state index contributed by atoms with van der Waals surface area (Å²) < 4.78 is 5.72. The first-order valence-corrected chi connectivity index (χ1v) is 6.91. The minimum Gasteiger partial charge on any atom is -0.418 e. The lowest BCUT2D eigenvalue weighted by Gasteiger charge is -2.14. The number of nitrogens with zero attached hydrogens (tertiary/aromatic N) is 2. The van der Waals surface area contributed by atoms with Crippen LogP contribution in [0.1, 0.15) is 28.9 Å². The minimum absolute atomic E-state index is 0.0485. The Balaban J connectivity index is 1.96. The number of nitrogen functional groups attached to an aromatic ring is 1. The van der Waals surface area contributed by atoms with E-state index in [-0.39, 0.29) is 5.78 Å². The van der Waals surface area contributed by atoms with Gasteiger partial charge in [-0.3, -0.25) is 4.79 Å². The molecule has 0 fully saturated rings. The van der Waals surface area contributed by atoms with Crippen LogP contribution in [0.3, 0.4) is 0 Å². The Hall–Kier alpha value is -2.69. The molecule has 5 nitrogen and oxygen atoms in total. The summed E-state index contributed by atoms with van der Waals surface area (Å²) in [4.78, 5) is 20.9. The van der Waals surface area contributed by atoms with Crippen LogP contribution in [0, 0.1) is 0 Å². The molecule has 0 radical (unpaired) electrons. The van der Waals surface area contributed by atoms with Gasteiger partial charge in [0.25, 0.3) is 0 Å². The van der Waals surface area contributed by atoms with Crippen molar-refractivity contribution in [2.75, 3.05) is 5.73 Å². The SMILES string of the molecule is Nc1c2c(nc3oc(-c4ccccc4)nc13)CCCC2=O. The molecule has 1 aliphatic rings. The summed E-state index contributed by atoms with van der Waals surface area (Å²) in [5.74, 6) is 0.520. The average Bonchev–Trinajstić information content (AvgIpc) is 2.93. The van der Waals surface area contributed by atoms with Gasteiger partial charge in [0, 0.05) is 12.0 Å². The first kappa shape index (κ1) is 12.1. The fourth-order valence-corrected chi connectivity index (χ4v) is 2.75. The predicted octanol–water partition coefficient (Wildman–Crippen LogP) is 2.99. The van der Waals surface area contributed by atoms with Gasteiger partial charge in [0.05, 0.1) is 16.9 Å². The molecule has 5 heteroatoms. The summed E-state index contributed by atoms with van der Waals surface area (Å²) in [5.41, 5.74) is 9.53. The summed E-state index contributed by atoms with van der Waals surface area (Å²) in [6.45, 7) is 0. The molecule has 104 valence electrons. The van der Waals surface area contributed by atoms with Crippen molar-refractivity contribution in [3.05, 3.63) is 41.6 Å². The van der Waals surface area contributed by atoms with E-state index in [9.17, 15) is 4.79 Å². The van der Waals surface area contributed by atoms with Gasteiger partial charge < -0.3 is 10.2 Å². The Kier molecular flexibility index (Phi) is 2.54. The van der Waals surface area contributed by atoms with E-state index in [4.69, 9.17) is 10.2 Å². The lowest BCUT2D eigenvalue weighted by Crippen LogP contribution is -2.15. The topological polar surface area (TPSA) is 82.0 Å². The van der Waals surface area contributed by atoms with Gasteiger partial charge in [-0.05, 0) is 25.0 Å². The third kappa shape index (κ3) is 1.81. The maximum atomic E-state index is 12.0. The number of anilines is 1. The first-order chi connectivity index (χ1) is 10.2. The Morgan fingerprint density at radius 2 is 1.90 bits per heavy atom. The summed E-state index contributed by atoms with van der Waals surface area (Å²) in [7, 11) is 0. The number of aryl methyl sites for hydroxylation is 1. The van der Waals surface area contributed by atoms with Crippen LogP contribution in [0.2, 0.25) is 0 Å². The molecule has 0 amide bonds. The number of rotatable bonds is 1. The van der Waals surface area contributed by atoms with Gasteiger partial charge in [-0.2, -0.15) is 0 Å². The van der Waals surface area contributed by atoms with Crippen molar-refractivity contribution in [1.82, 2.24) is 9.97 Å². The van der Waals surface area contributed by atoms with Crippen molar-refractivity contribution >= 4 is 22.7 Å².